The van der Waals surface area contributed by atoms with Gasteiger partial charge in [0.05, 0.1) is 11.3 Å². The first-order chi connectivity index (χ1) is 8.99. The van der Waals surface area contributed by atoms with E-state index in [1.54, 1.807) is 0 Å². The monoisotopic (exact) mass is 327 g/mol. The van der Waals surface area contributed by atoms with Gasteiger partial charge >= 0.3 is 0 Å². The highest BCUT2D eigenvalue weighted by Crippen LogP contribution is 2.24. The summed E-state index contributed by atoms with van der Waals surface area (Å²) in [4.78, 5) is 15.4. The van der Waals surface area contributed by atoms with Gasteiger partial charge in [-0.05, 0) is 40.2 Å². The van der Waals surface area contributed by atoms with Crippen molar-refractivity contribution in [3.8, 4) is 0 Å². The molecule has 0 atom stereocenters. The molecule has 1 aromatic heterocycles. The van der Waals surface area contributed by atoms with E-state index < -0.39 is 17.5 Å². The minimum absolute atomic E-state index is 0.194. The molecule has 0 saturated carbocycles. The average molecular weight is 328 g/mol. The third kappa shape index (κ3) is 2.87. The van der Waals surface area contributed by atoms with Crippen molar-refractivity contribution < 1.29 is 13.6 Å². The lowest BCUT2D eigenvalue weighted by atomic mass is 10.2. The molecule has 7 heteroatoms. The summed E-state index contributed by atoms with van der Waals surface area (Å²) in [6.07, 6.45) is 1.22. The minimum atomic E-state index is -0.910. The fraction of sp³-hybridized carbons (Fsp3) is 0. The Morgan fingerprint density at radius 3 is 2.79 bits per heavy atom. The maximum Gasteiger partial charge on any atom is 0.258 e. The fourth-order valence-electron chi connectivity index (χ4n) is 1.42. The van der Waals surface area contributed by atoms with E-state index in [0.717, 1.165) is 6.07 Å². The standard InChI is InChI=1S/C12H8BrF2N3O/c13-8-2-1-6(14)5-9(8)18-12(19)7-3-4-17-11(16)10(7)15/h1-5H,(H2,16,17)(H,18,19). The third-order valence-electron chi connectivity index (χ3n) is 2.34. The van der Waals surface area contributed by atoms with E-state index in [9.17, 15) is 13.6 Å². The molecule has 2 rings (SSSR count). The lowest BCUT2D eigenvalue weighted by molar-refractivity contribution is 0.102. The van der Waals surface area contributed by atoms with E-state index in [4.69, 9.17) is 5.73 Å². The lowest BCUT2D eigenvalue weighted by Crippen LogP contribution is -2.15. The summed E-state index contributed by atoms with van der Waals surface area (Å²) in [6, 6.07) is 4.96. The number of rotatable bonds is 2. The van der Waals surface area contributed by atoms with Crippen molar-refractivity contribution >= 4 is 33.3 Å². The number of hydrogen-bond acceptors (Lipinski definition) is 3. The summed E-state index contributed by atoms with van der Waals surface area (Å²) in [5.41, 5.74) is 5.20. The minimum Gasteiger partial charge on any atom is -0.381 e. The summed E-state index contributed by atoms with van der Waals surface area (Å²) >= 11 is 3.15. The summed E-state index contributed by atoms with van der Waals surface area (Å²) in [7, 11) is 0. The number of nitrogens with two attached hydrogens (primary N) is 1. The van der Waals surface area contributed by atoms with Gasteiger partial charge in [-0.3, -0.25) is 4.79 Å². The zero-order chi connectivity index (χ0) is 14.0. The number of nitrogen functional groups attached to an aromatic ring is 1. The molecule has 1 heterocycles. The molecule has 0 unspecified atom stereocenters. The van der Waals surface area contributed by atoms with Crippen LogP contribution >= 0.6 is 15.9 Å². The molecule has 2 aromatic rings. The molecule has 0 aliphatic carbocycles. The molecule has 0 radical (unpaired) electrons. The van der Waals surface area contributed by atoms with E-state index in [-0.39, 0.29) is 17.1 Å². The molecule has 0 spiro atoms. The first-order valence-corrected chi connectivity index (χ1v) is 5.94. The van der Waals surface area contributed by atoms with Crippen LogP contribution < -0.4 is 11.1 Å². The molecule has 1 aromatic carbocycles. The van der Waals surface area contributed by atoms with Gasteiger partial charge in [-0.25, -0.2) is 13.8 Å². The summed E-state index contributed by atoms with van der Waals surface area (Å²) < 4.78 is 27.1. The van der Waals surface area contributed by atoms with Gasteiger partial charge in [0.1, 0.15) is 5.82 Å². The van der Waals surface area contributed by atoms with Gasteiger partial charge in [-0.2, -0.15) is 0 Å². The van der Waals surface area contributed by atoms with E-state index in [1.165, 1.54) is 24.4 Å². The molecule has 0 fully saturated rings. The first-order valence-electron chi connectivity index (χ1n) is 5.15. The molecule has 1 amide bonds. The molecule has 0 aliphatic rings. The van der Waals surface area contributed by atoms with Crippen molar-refractivity contribution in [3.05, 3.63) is 52.1 Å². The molecular weight excluding hydrogens is 320 g/mol. The van der Waals surface area contributed by atoms with E-state index in [0.29, 0.717) is 4.47 Å². The van der Waals surface area contributed by atoms with Gasteiger partial charge in [0.15, 0.2) is 11.6 Å². The second-order valence-electron chi connectivity index (χ2n) is 3.64. The van der Waals surface area contributed by atoms with Gasteiger partial charge in [0, 0.05) is 10.7 Å². The smallest absolute Gasteiger partial charge is 0.258 e. The zero-order valence-corrected chi connectivity index (χ0v) is 11.0. The third-order valence-corrected chi connectivity index (χ3v) is 3.03. The fourth-order valence-corrected chi connectivity index (χ4v) is 1.76. The van der Waals surface area contributed by atoms with Crippen molar-refractivity contribution in [2.24, 2.45) is 0 Å². The van der Waals surface area contributed by atoms with Crippen molar-refractivity contribution in [2.45, 2.75) is 0 Å². The molecular formula is C12H8BrF2N3O. The van der Waals surface area contributed by atoms with Crippen LogP contribution in [0.4, 0.5) is 20.3 Å². The van der Waals surface area contributed by atoms with Crippen molar-refractivity contribution in [1.29, 1.82) is 0 Å². The second kappa shape index (κ2) is 5.31. The number of aromatic nitrogens is 1. The zero-order valence-electron chi connectivity index (χ0n) is 9.45. The number of benzene rings is 1. The quantitative estimate of drug-likeness (QED) is 0.891. The number of amides is 1. The largest absolute Gasteiger partial charge is 0.381 e. The highest BCUT2D eigenvalue weighted by atomic mass is 79.9. The Hall–Kier alpha value is -2.02. The van der Waals surface area contributed by atoms with Crippen LogP contribution in [0.2, 0.25) is 0 Å². The summed E-state index contributed by atoms with van der Waals surface area (Å²) in [6.45, 7) is 0. The highest BCUT2D eigenvalue weighted by Gasteiger charge is 2.15. The summed E-state index contributed by atoms with van der Waals surface area (Å²) in [5.74, 6) is -2.54. The number of anilines is 2. The van der Waals surface area contributed by atoms with Crippen molar-refractivity contribution in [3.63, 3.8) is 0 Å². The Bertz CT molecular complexity index is 649. The van der Waals surface area contributed by atoms with Gasteiger partial charge in [-0.15, -0.1) is 0 Å². The molecule has 0 aliphatic heterocycles. The van der Waals surface area contributed by atoms with Crippen LogP contribution in [0.1, 0.15) is 10.4 Å². The van der Waals surface area contributed by atoms with Gasteiger partial charge < -0.3 is 11.1 Å². The molecule has 0 bridgehead atoms. The average Bonchev–Trinajstić information content (AvgIpc) is 2.37. The normalized spacial score (nSPS) is 10.3. The van der Waals surface area contributed by atoms with Gasteiger partial charge in [-0.1, -0.05) is 0 Å². The van der Waals surface area contributed by atoms with Crippen LogP contribution in [-0.2, 0) is 0 Å². The van der Waals surface area contributed by atoms with Crippen LogP contribution in [0.3, 0.4) is 0 Å². The molecule has 4 nitrogen and oxygen atoms in total. The number of hydrogen-bond donors (Lipinski definition) is 2. The maximum absolute atomic E-state index is 13.6. The predicted octanol–water partition coefficient (Wildman–Crippen LogP) is 2.96. The Morgan fingerprint density at radius 1 is 1.32 bits per heavy atom. The number of nitrogens with zero attached hydrogens (tertiary/aromatic N) is 1. The maximum atomic E-state index is 13.6. The van der Waals surface area contributed by atoms with Crippen LogP contribution in [0.5, 0.6) is 0 Å². The van der Waals surface area contributed by atoms with Crippen molar-refractivity contribution in [2.75, 3.05) is 11.1 Å². The first kappa shape index (κ1) is 13.4. The number of carbonyl (C=O) groups is 1. The molecule has 0 saturated heterocycles. The molecule has 98 valence electrons. The van der Waals surface area contributed by atoms with Crippen LogP contribution in [0, 0.1) is 11.6 Å². The van der Waals surface area contributed by atoms with E-state index >= 15 is 0 Å². The van der Waals surface area contributed by atoms with E-state index in [1.807, 2.05) is 0 Å². The van der Waals surface area contributed by atoms with Crippen LogP contribution in [0.25, 0.3) is 0 Å². The van der Waals surface area contributed by atoms with Crippen molar-refractivity contribution in [1.82, 2.24) is 4.98 Å². The Balaban J connectivity index is 2.31. The lowest BCUT2D eigenvalue weighted by Gasteiger charge is -2.08. The Labute approximate surface area is 115 Å². The number of carbonyl (C=O) groups excluding carboxylic acids is 1. The topological polar surface area (TPSA) is 68.0 Å². The predicted molar refractivity (Wildman–Crippen MR) is 70.7 cm³/mol. The molecule has 3 N–H and O–H groups in total. The summed E-state index contributed by atoms with van der Waals surface area (Å²) in [5, 5.41) is 2.39. The Kier molecular flexibility index (Phi) is 3.75. The molecule has 19 heavy (non-hydrogen) atoms. The van der Waals surface area contributed by atoms with Crippen LogP contribution in [-0.4, -0.2) is 10.9 Å². The second-order valence-corrected chi connectivity index (χ2v) is 4.49. The van der Waals surface area contributed by atoms with Crippen LogP contribution in [0.15, 0.2) is 34.9 Å². The SMILES string of the molecule is Nc1nccc(C(=O)Nc2cc(F)ccc2Br)c1F. The number of pyridine rings is 1. The Morgan fingerprint density at radius 2 is 2.05 bits per heavy atom. The van der Waals surface area contributed by atoms with E-state index in [2.05, 4.69) is 26.2 Å². The number of halogens is 3. The highest BCUT2D eigenvalue weighted by molar-refractivity contribution is 9.10. The van der Waals surface area contributed by atoms with Gasteiger partial charge in [0.25, 0.3) is 5.91 Å². The van der Waals surface area contributed by atoms with Gasteiger partial charge in [0.2, 0.25) is 0 Å². The number of nitrogens with one attached hydrogen (secondary N) is 1.